The maximum absolute atomic E-state index is 13.3. The van der Waals surface area contributed by atoms with Crippen molar-refractivity contribution >= 4 is 0 Å². The van der Waals surface area contributed by atoms with E-state index in [1.165, 1.54) is 18.2 Å². The van der Waals surface area contributed by atoms with Crippen LogP contribution in [0.15, 0.2) is 18.2 Å². The van der Waals surface area contributed by atoms with Gasteiger partial charge >= 0.3 is 0 Å². The zero-order valence-electron chi connectivity index (χ0n) is 8.29. The van der Waals surface area contributed by atoms with Crippen molar-refractivity contribution in [3.63, 3.8) is 0 Å². The number of likely N-dealkylation sites (tertiary alicyclic amines) is 1. The maximum atomic E-state index is 13.3. The molecule has 2 nitrogen and oxygen atoms in total. The van der Waals surface area contributed by atoms with Gasteiger partial charge in [-0.15, -0.1) is 0 Å². The third kappa shape index (κ3) is 2.33. The first-order valence-electron chi connectivity index (χ1n) is 5.00. The smallest absolute Gasteiger partial charge is 0.130 e. The molecule has 0 saturated carbocycles. The number of halogens is 2. The average Bonchev–Trinajstić information content (AvgIpc) is 2.58. The van der Waals surface area contributed by atoms with Gasteiger partial charge in [0.05, 0.1) is 6.10 Å². The van der Waals surface area contributed by atoms with Gasteiger partial charge in [-0.3, -0.25) is 4.90 Å². The van der Waals surface area contributed by atoms with E-state index >= 15 is 0 Å². The molecule has 82 valence electrons. The van der Waals surface area contributed by atoms with Gasteiger partial charge in [-0.2, -0.15) is 0 Å². The molecule has 0 spiro atoms. The first-order valence-corrected chi connectivity index (χ1v) is 5.00. The molecule has 0 bridgehead atoms. The van der Waals surface area contributed by atoms with Gasteiger partial charge in [-0.05, 0) is 18.6 Å². The monoisotopic (exact) mass is 213 g/mol. The molecule has 1 heterocycles. The predicted molar refractivity (Wildman–Crippen MR) is 52.3 cm³/mol. The molecule has 1 N–H and O–H groups in total. The van der Waals surface area contributed by atoms with Crippen molar-refractivity contribution < 1.29 is 13.9 Å². The zero-order chi connectivity index (χ0) is 10.8. The van der Waals surface area contributed by atoms with E-state index in [0.717, 1.165) is 0 Å². The lowest BCUT2D eigenvalue weighted by Gasteiger charge is -2.15. The van der Waals surface area contributed by atoms with Crippen LogP contribution in [-0.4, -0.2) is 29.2 Å². The molecule has 1 aliphatic rings. The fourth-order valence-corrected chi connectivity index (χ4v) is 1.86. The SMILES string of the molecule is OC1CCN(Cc2c(F)cccc2F)C1. The Hall–Kier alpha value is -1.00. The molecule has 1 aromatic rings. The summed E-state index contributed by atoms with van der Waals surface area (Å²) in [4.78, 5) is 1.85. The Morgan fingerprint density at radius 2 is 2.00 bits per heavy atom. The Morgan fingerprint density at radius 1 is 1.33 bits per heavy atom. The fourth-order valence-electron chi connectivity index (χ4n) is 1.86. The fraction of sp³-hybridized carbons (Fsp3) is 0.455. The van der Waals surface area contributed by atoms with Gasteiger partial charge in [0.25, 0.3) is 0 Å². The summed E-state index contributed by atoms with van der Waals surface area (Å²) in [5, 5.41) is 9.29. The summed E-state index contributed by atoms with van der Waals surface area (Å²) < 4.78 is 26.5. The summed E-state index contributed by atoms with van der Waals surface area (Å²) in [6, 6.07) is 3.86. The largest absolute Gasteiger partial charge is 0.392 e. The van der Waals surface area contributed by atoms with E-state index in [1.54, 1.807) is 0 Å². The molecule has 4 heteroatoms. The molecule has 1 unspecified atom stereocenters. The number of β-amino-alcohol motifs (C(OH)–C–C–N with tert-alkyl or cyclic N) is 1. The van der Waals surface area contributed by atoms with Crippen LogP contribution in [0.25, 0.3) is 0 Å². The lowest BCUT2D eigenvalue weighted by Crippen LogP contribution is -2.22. The molecular weight excluding hydrogens is 200 g/mol. The van der Waals surface area contributed by atoms with Gasteiger partial charge in [0.2, 0.25) is 0 Å². The van der Waals surface area contributed by atoms with Crippen molar-refractivity contribution in [3.05, 3.63) is 35.4 Å². The number of rotatable bonds is 2. The van der Waals surface area contributed by atoms with E-state index in [2.05, 4.69) is 0 Å². The summed E-state index contributed by atoms with van der Waals surface area (Å²) >= 11 is 0. The van der Waals surface area contributed by atoms with E-state index in [-0.39, 0.29) is 18.2 Å². The second-order valence-electron chi connectivity index (χ2n) is 3.88. The number of hydrogen-bond donors (Lipinski definition) is 1. The van der Waals surface area contributed by atoms with E-state index in [1.807, 2.05) is 4.90 Å². The standard InChI is InChI=1S/C11H13F2NO/c12-10-2-1-3-11(13)9(10)7-14-5-4-8(15)6-14/h1-3,8,15H,4-7H2. The first kappa shape index (κ1) is 10.5. The maximum Gasteiger partial charge on any atom is 0.130 e. The third-order valence-corrected chi connectivity index (χ3v) is 2.69. The van der Waals surface area contributed by atoms with Crippen LogP contribution in [0.5, 0.6) is 0 Å². The molecule has 1 aliphatic heterocycles. The molecule has 15 heavy (non-hydrogen) atoms. The van der Waals surface area contributed by atoms with Crippen LogP contribution in [0.1, 0.15) is 12.0 Å². The van der Waals surface area contributed by atoms with Crippen molar-refractivity contribution in [2.45, 2.75) is 19.1 Å². The number of aliphatic hydroxyl groups is 1. The number of nitrogens with zero attached hydrogens (tertiary/aromatic N) is 1. The van der Waals surface area contributed by atoms with Gasteiger partial charge in [-0.25, -0.2) is 8.78 Å². The summed E-state index contributed by atoms with van der Waals surface area (Å²) in [6.45, 7) is 1.41. The van der Waals surface area contributed by atoms with Gasteiger partial charge in [0.15, 0.2) is 0 Å². The highest BCUT2D eigenvalue weighted by atomic mass is 19.1. The minimum atomic E-state index is -0.517. The van der Waals surface area contributed by atoms with E-state index in [0.29, 0.717) is 19.5 Å². The molecule has 1 saturated heterocycles. The minimum Gasteiger partial charge on any atom is -0.392 e. The molecule has 0 aromatic heterocycles. The Kier molecular flexibility index (Phi) is 2.98. The summed E-state index contributed by atoms with van der Waals surface area (Å²) in [5.41, 5.74) is 0.0894. The molecule has 1 fully saturated rings. The Morgan fingerprint density at radius 3 is 2.53 bits per heavy atom. The predicted octanol–water partition coefficient (Wildman–Crippen LogP) is 1.53. The van der Waals surface area contributed by atoms with Crippen LogP contribution in [0.3, 0.4) is 0 Å². The van der Waals surface area contributed by atoms with Gasteiger partial charge in [-0.1, -0.05) is 6.07 Å². The van der Waals surface area contributed by atoms with E-state index < -0.39 is 11.6 Å². The lowest BCUT2D eigenvalue weighted by atomic mass is 10.2. The van der Waals surface area contributed by atoms with Crippen LogP contribution in [-0.2, 0) is 6.54 Å². The quantitative estimate of drug-likeness (QED) is 0.805. The molecule has 1 atom stereocenters. The van der Waals surface area contributed by atoms with Crippen molar-refractivity contribution in [2.75, 3.05) is 13.1 Å². The molecule has 1 aromatic carbocycles. The summed E-state index contributed by atoms with van der Waals surface area (Å²) in [7, 11) is 0. The normalized spacial score (nSPS) is 22.2. The average molecular weight is 213 g/mol. The minimum absolute atomic E-state index is 0.0894. The van der Waals surface area contributed by atoms with Gasteiger partial charge in [0, 0.05) is 25.2 Å². The highest BCUT2D eigenvalue weighted by molar-refractivity contribution is 5.19. The highest BCUT2D eigenvalue weighted by Crippen LogP contribution is 2.18. The molecular formula is C11H13F2NO. The Bertz CT molecular complexity index is 336. The summed E-state index contributed by atoms with van der Waals surface area (Å²) in [6.07, 6.45) is 0.315. The number of hydrogen-bond acceptors (Lipinski definition) is 2. The highest BCUT2D eigenvalue weighted by Gasteiger charge is 2.22. The van der Waals surface area contributed by atoms with Crippen LogP contribution < -0.4 is 0 Å². The molecule has 0 radical (unpaired) electrons. The Labute approximate surface area is 87.1 Å². The molecule has 0 aliphatic carbocycles. The molecule has 0 amide bonds. The van der Waals surface area contributed by atoms with Crippen molar-refractivity contribution in [2.24, 2.45) is 0 Å². The topological polar surface area (TPSA) is 23.5 Å². The second-order valence-corrected chi connectivity index (χ2v) is 3.88. The molecule has 2 rings (SSSR count). The van der Waals surface area contributed by atoms with Crippen molar-refractivity contribution in [1.29, 1.82) is 0 Å². The van der Waals surface area contributed by atoms with Crippen LogP contribution in [0, 0.1) is 11.6 Å². The van der Waals surface area contributed by atoms with Crippen LogP contribution >= 0.6 is 0 Å². The Balaban J connectivity index is 2.10. The number of aliphatic hydroxyl groups excluding tert-OH is 1. The number of benzene rings is 1. The zero-order valence-corrected chi connectivity index (χ0v) is 8.29. The summed E-state index contributed by atoms with van der Waals surface area (Å²) in [5.74, 6) is -1.03. The second kappa shape index (κ2) is 4.24. The van der Waals surface area contributed by atoms with E-state index in [9.17, 15) is 13.9 Å². The van der Waals surface area contributed by atoms with Crippen molar-refractivity contribution in [1.82, 2.24) is 4.90 Å². The van der Waals surface area contributed by atoms with Gasteiger partial charge < -0.3 is 5.11 Å². The van der Waals surface area contributed by atoms with Crippen LogP contribution in [0.2, 0.25) is 0 Å². The first-order chi connectivity index (χ1) is 7.16. The van der Waals surface area contributed by atoms with Crippen molar-refractivity contribution in [3.8, 4) is 0 Å². The third-order valence-electron chi connectivity index (χ3n) is 2.69. The lowest BCUT2D eigenvalue weighted by molar-refractivity contribution is 0.174. The van der Waals surface area contributed by atoms with Crippen LogP contribution in [0.4, 0.5) is 8.78 Å². The van der Waals surface area contributed by atoms with Gasteiger partial charge in [0.1, 0.15) is 11.6 Å². The van der Waals surface area contributed by atoms with E-state index in [4.69, 9.17) is 0 Å².